The fourth-order valence-electron chi connectivity index (χ4n) is 4.10. The molecule has 6 nitrogen and oxygen atoms in total. The van der Waals surface area contributed by atoms with Crippen LogP contribution in [0.15, 0.2) is 42.5 Å². The zero-order valence-corrected chi connectivity index (χ0v) is 15.9. The molecule has 0 bridgehead atoms. The lowest BCUT2D eigenvalue weighted by Crippen LogP contribution is -2.63. The van der Waals surface area contributed by atoms with Crippen LogP contribution in [-0.2, 0) is 34.7 Å². The first-order chi connectivity index (χ1) is 14.0. The van der Waals surface area contributed by atoms with Gasteiger partial charge in [-0.05, 0) is 34.7 Å². The molecule has 29 heavy (non-hydrogen) atoms. The molecule has 4 rings (SSSR count). The van der Waals surface area contributed by atoms with Crippen LogP contribution in [0.2, 0.25) is 0 Å². The Labute approximate surface area is 168 Å². The third kappa shape index (κ3) is 3.59. The van der Waals surface area contributed by atoms with E-state index in [2.05, 4.69) is 0 Å². The quantitative estimate of drug-likeness (QED) is 0.592. The number of alkyl halides is 1. The highest BCUT2D eigenvalue weighted by molar-refractivity contribution is 5.41. The van der Waals surface area contributed by atoms with Gasteiger partial charge in [-0.25, -0.2) is 0 Å². The second-order valence-electron chi connectivity index (χ2n) is 7.64. The van der Waals surface area contributed by atoms with Gasteiger partial charge in [0.1, 0.15) is 24.4 Å². The third-order valence-electron chi connectivity index (χ3n) is 5.76. The second-order valence-corrected chi connectivity index (χ2v) is 7.64. The molecule has 1 spiro atoms. The summed E-state index contributed by atoms with van der Waals surface area (Å²) in [5, 5.41) is 40.5. The Morgan fingerprint density at radius 1 is 0.966 bits per heavy atom. The molecule has 0 amide bonds. The number of ether oxygens (including phenoxy) is 2. The molecule has 2 aliphatic heterocycles. The van der Waals surface area contributed by atoms with E-state index >= 15 is 0 Å². The van der Waals surface area contributed by atoms with E-state index in [-0.39, 0.29) is 13.3 Å². The van der Waals surface area contributed by atoms with Gasteiger partial charge in [-0.15, -0.1) is 0 Å². The summed E-state index contributed by atoms with van der Waals surface area (Å²) in [5.74, 6) is -1.64. The fourth-order valence-corrected chi connectivity index (χ4v) is 4.10. The van der Waals surface area contributed by atoms with Crippen molar-refractivity contribution >= 4 is 0 Å². The largest absolute Gasteiger partial charge is 0.394 e. The lowest BCUT2D eigenvalue weighted by molar-refractivity contribution is -0.368. The minimum absolute atomic E-state index is 0.186. The van der Waals surface area contributed by atoms with Gasteiger partial charge in [-0.2, -0.15) is 0 Å². The normalized spacial score (nSPS) is 31.2. The number of fused-ring (bicyclic) bond motifs is 2. The van der Waals surface area contributed by atoms with E-state index in [1.807, 2.05) is 42.5 Å². The van der Waals surface area contributed by atoms with Crippen molar-refractivity contribution in [2.75, 3.05) is 13.3 Å². The van der Waals surface area contributed by atoms with E-state index in [0.29, 0.717) is 18.4 Å². The van der Waals surface area contributed by atoms with Gasteiger partial charge in [-0.1, -0.05) is 36.4 Å². The summed E-state index contributed by atoms with van der Waals surface area (Å²) in [6.45, 7) is -0.716. The van der Waals surface area contributed by atoms with Crippen LogP contribution in [0.1, 0.15) is 27.8 Å². The lowest BCUT2D eigenvalue weighted by Gasteiger charge is -2.46. The van der Waals surface area contributed by atoms with Crippen molar-refractivity contribution in [3.8, 4) is 0 Å². The zero-order valence-electron chi connectivity index (χ0n) is 15.9. The van der Waals surface area contributed by atoms with Crippen LogP contribution in [0.5, 0.6) is 0 Å². The van der Waals surface area contributed by atoms with Crippen molar-refractivity contribution in [3.63, 3.8) is 0 Å². The number of aliphatic hydroxyl groups is 4. The van der Waals surface area contributed by atoms with Gasteiger partial charge in [-0.3, -0.25) is 4.39 Å². The minimum Gasteiger partial charge on any atom is -0.394 e. The molecule has 1 fully saturated rings. The maximum absolute atomic E-state index is 12.5. The molecular formula is C22H25FO6. The first-order valence-corrected chi connectivity index (χ1v) is 9.71. The highest BCUT2D eigenvalue weighted by Crippen LogP contribution is 2.46. The van der Waals surface area contributed by atoms with Gasteiger partial charge < -0.3 is 29.9 Å². The van der Waals surface area contributed by atoms with Gasteiger partial charge in [0.15, 0.2) is 0 Å². The second kappa shape index (κ2) is 8.10. The molecule has 156 valence electrons. The van der Waals surface area contributed by atoms with E-state index in [0.717, 1.165) is 22.3 Å². The van der Waals surface area contributed by atoms with Crippen LogP contribution in [0, 0.1) is 0 Å². The SMILES string of the molecule is OC[C@H]1OC2(OCc3ccc(Cc4ccc(CCF)cc4)cc32)[C@H](O)[C@@H](O)[C@@H]1O. The van der Waals surface area contributed by atoms with Crippen molar-refractivity contribution in [2.45, 2.75) is 49.7 Å². The van der Waals surface area contributed by atoms with Crippen molar-refractivity contribution in [1.29, 1.82) is 0 Å². The fraction of sp³-hybridized carbons (Fsp3) is 0.455. The Morgan fingerprint density at radius 2 is 1.66 bits per heavy atom. The maximum Gasteiger partial charge on any atom is 0.225 e. The van der Waals surface area contributed by atoms with Crippen LogP contribution in [0.4, 0.5) is 4.39 Å². The lowest BCUT2D eigenvalue weighted by atomic mass is 9.86. The van der Waals surface area contributed by atoms with Gasteiger partial charge in [0.2, 0.25) is 5.79 Å². The van der Waals surface area contributed by atoms with E-state index < -0.39 is 36.8 Å². The van der Waals surface area contributed by atoms with E-state index in [1.165, 1.54) is 0 Å². The number of benzene rings is 2. The summed E-state index contributed by atoms with van der Waals surface area (Å²) in [7, 11) is 0. The molecule has 0 radical (unpaired) electrons. The highest BCUT2D eigenvalue weighted by atomic mass is 19.1. The number of halogens is 1. The summed E-state index contributed by atoms with van der Waals surface area (Å²) in [5.41, 5.74) is 4.34. The molecule has 1 saturated heterocycles. The van der Waals surface area contributed by atoms with Crippen molar-refractivity contribution in [1.82, 2.24) is 0 Å². The molecule has 1 unspecified atom stereocenters. The van der Waals surface area contributed by atoms with Crippen LogP contribution in [-0.4, -0.2) is 58.1 Å². The third-order valence-corrected chi connectivity index (χ3v) is 5.76. The average molecular weight is 404 g/mol. The van der Waals surface area contributed by atoms with Crippen LogP contribution >= 0.6 is 0 Å². The predicted octanol–water partition coefficient (Wildman–Crippen LogP) is 0.946. The van der Waals surface area contributed by atoms with Gasteiger partial charge >= 0.3 is 0 Å². The van der Waals surface area contributed by atoms with E-state index in [1.54, 1.807) is 0 Å². The monoisotopic (exact) mass is 404 g/mol. The van der Waals surface area contributed by atoms with Gasteiger partial charge in [0.05, 0.1) is 19.9 Å². The Morgan fingerprint density at radius 3 is 2.34 bits per heavy atom. The van der Waals surface area contributed by atoms with Crippen LogP contribution < -0.4 is 0 Å². The molecule has 0 aromatic heterocycles. The molecule has 0 aliphatic carbocycles. The molecule has 2 heterocycles. The van der Waals surface area contributed by atoms with E-state index in [4.69, 9.17) is 9.47 Å². The standard InChI is InChI=1S/C22H25FO6/c23-8-7-13-1-3-14(4-2-13)9-15-5-6-16-12-28-22(17(16)10-15)21(27)20(26)19(25)18(11-24)29-22/h1-6,10,18-21,24-27H,7-9,11-12H2/t18-,19-,20+,21-,22?/m1/s1. The molecule has 2 aromatic rings. The summed E-state index contributed by atoms with van der Waals surface area (Å²) in [6, 6.07) is 13.4. The maximum atomic E-state index is 12.5. The predicted molar refractivity (Wildman–Crippen MR) is 102 cm³/mol. The number of rotatable bonds is 5. The van der Waals surface area contributed by atoms with E-state index in [9.17, 15) is 24.8 Å². The molecule has 5 atom stereocenters. The Hall–Kier alpha value is -1.87. The van der Waals surface area contributed by atoms with Gasteiger partial charge in [0.25, 0.3) is 0 Å². The van der Waals surface area contributed by atoms with Crippen molar-refractivity contribution in [3.05, 3.63) is 70.3 Å². The van der Waals surface area contributed by atoms with Crippen LogP contribution in [0.3, 0.4) is 0 Å². The number of hydrogen-bond donors (Lipinski definition) is 4. The number of hydrogen-bond acceptors (Lipinski definition) is 6. The number of aryl methyl sites for hydroxylation is 1. The Bertz CT molecular complexity index is 855. The van der Waals surface area contributed by atoms with Crippen LogP contribution in [0.25, 0.3) is 0 Å². The summed E-state index contributed by atoms with van der Waals surface area (Å²) < 4.78 is 24.0. The van der Waals surface area contributed by atoms with Crippen molar-refractivity contribution in [2.24, 2.45) is 0 Å². The first kappa shape index (κ1) is 20.4. The molecular weight excluding hydrogens is 379 g/mol. The molecule has 2 aliphatic rings. The van der Waals surface area contributed by atoms with Gasteiger partial charge in [0, 0.05) is 12.0 Å². The summed E-state index contributed by atoms with van der Waals surface area (Å²) in [6.07, 6.45) is -4.50. The summed E-state index contributed by atoms with van der Waals surface area (Å²) >= 11 is 0. The topological polar surface area (TPSA) is 99.4 Å². The minimum atomic E-state index is -1.64. The molecule has 7 heteroatoms. The molecule has 4 N–H and O–H groups in total. The Kier molecular flexibility index (Phi) is 5.70. The average Bonchev–Trinajstić information content (AvgIpc) is 3.09. The summed E-state index contributed by atoms with van der Waals surface area (Å²) in [4.78, 5) is 0. The smallest absolute Gasteiger partial charge is 0.225 e. The highest BCUT2D eigenvalue weighted by Gasteiger charge is 2.58. The Balaban J connectivity index is 1.62. The zero-order chi connectivity index (χ0) is 20.6. The molecule has 2 aromatic carbocycles. The first-order valence-electron chi connectivity index (χ1n) is 9.71. The van der Waals surface area contributed by atoms with Crippen molar-refractivity contribution < 1.29 is 34.3 Å². The molecule has 0 saturated carbocycles. The number of aliphatic hydroxyl groups excluding tert-OH is 4.